The first-order valence-electron chi connectivity index (χ1n) is 9.44. The number of amides is 1. The van der Waals surface area contributed by atoms with E-state index in [0.717, 1.165) is 29.5 Å². The minimum absolute atomic E-state index is 0. The van der Waals surface area contributed by atoms with Crippen molar-refractivity contribution in [3.63, 3.8) is 0 Å². The summed E-state index contributed by atoms with van der Waals surface area (Å²) in [7, 11) is 0. The number of carbonyl (C=O) groups excluding carboxylic acids is 1. The largest absolute Gasteiger partial charge is 0.492 e. The maximum absolute atomic E-state index is 11.4. The van der Waals surface area contributed by atoms with E-state index in [1.54, 1.807) is 11.3 Å². The second-order valence-electron chi connectivity index (χ2n) is 7.20. The van der Waals surface area contributed by atoms with Crippen molar-refractivity contribution < 1.29 is 9.53 Å². The van der Waals surface area contributed by atoms with E-state index >= 15 is 0 Å². The lowest BCUT2D eigenvalue weighted by Gasteiger charge is -2.26. The molecule has 1 N–H and O–H groups in total. The van der Waals surface area contributed by atoms with Gasteiger partial charge in [-0.05, 0) is 55.6 Å². The van der Waals surface area contributed by atoms with E-state index in [1.165, 1.54) is 42.4 Å². The molecule has 0 radical (unpaired) electrons. The van der Waals surface area contributed by atoms with Crippen LogP contribution in [-0.4, -0.2) is 42.8 Å². The first-order valence-corrected chi connectivity index (χ1v) is 10.3. The summed E-state index contributed by atoms with van der Waals surface area (Å²) >= 11 is 1.71. The molecule has 7 heteroatoms. The highest BCUT2D eigenvalue weighted by atomic mass is 35.5. The van der Waals surface area contributed by atoms with Gasteiger partial charge >= 0.3 is 0 Å². The number of piperidine rings is 1. The maximum Gasteiger partial charge on any atom is 0.240 e. The van der Waals surface area contributed by atoms with E-state index in [-0.39, 0.29) is 24.2 Å². The van der Waals surface area contributed by atoms with Crippen LogP contribution in [0, 0.1) is 5.92 Å². The number of nitrogens with zero attached hydrogens (tertiary/aromatic N) is 2. The third-order valence-corrected chi connectivity index (χ3v) is 6.25. The lowest BCUT2D eigenvalue weighted by molar-refractivity contribution is -0.121. The van der Waals surface area contributed by atoms with Crippen LogP contribution in [0.25, 0.3) is 10.1 Å². The molecule has 5 nitrogen and oxygen atoms in total. The van der Waals surface area contributed by atoms with Crippen molar-refractivity contribution in [3.05, 3.63) is 29.1 Å². The lowest BCUT2D eigenvalue weighted by atomic mass is 9.99. The minimum Gasteiger partial charge on any atom is -0.492 e. The van der Waals surface area contributed by atoms with Gasteiger partial charge in [0.1, 0.15) is 12.4 Å². The zero-order valence-electron chi connectivity index (χ0n) is 15.6. The Hall–Kier alpha value is -1.63. The molecule has 1 unspecified atom stereocenters. The van der Waals surface area contributed by atoms with E-state index in [4.69, 9.17) is 4.74 Å². The summed E-state index contributed by atoms with van der Waals surface area (Å²) in [4.78, 5) is 15.1. The summed E-state index contributed by atoms with van der Waals surface area (Å²) in [5, 5.41) is 5.47. The normalized spacial score (nSPS) is 20.7. The molecule has 0 saturated carbocycles. The number of thiophene rings is 1. The van der Waals surface area contributed by atoms with Gasteiger partial charge in [0.2, 0.25) is 5.91 Å². The first-order chi connectivity index (χ1) is 12.7. The Morgan fingerprint density at radius 1 is 1.26 bits per heavy atom. The van der Waals surface area contributed by atoms with Gasteiger partial charge in [-0.1, -0.05) is 13.3 Å². The Morgan fingerprint density at radius 3 is 2.85 bits per heavy atom. The fourth-order valence-corrected chi connectivity index (χ4v) is 4.85. The number of hydrogen-bond acceptors (Lipinski definition) is 5. The van der Waals surface area contributed by atoms with Crippen molar-refractivity contribution in [3.8, 4) is 5.75 Å². The highest BCUT2D eigenvalue weighted by Crippen LogP contribution is 2.32. The number of likely N-dealkylation sites (tertiary alicyclic amines) is 1. The summed E-state index contributed by atoms with van der Waals surface area (Å²) in [6.07, 6.45) is 4.49. The fourth-order valence-electron chi connectivity index (χ4n) is 3.65. The molecule has 2 aromatic rings. The van der Waals surface area contributed by atoms with Crippen LogP contribution in [0.15, 0.2) is 29.4 Å². The van der Waals surface area contributed by atoms with Gasteiger partial charge in [-0.15, -0.1) is 23.7 Å². The lowest BCUT2D eigenvalue weighted by Crippen LogP contribution is -2.33. The second kappa shape index (κ2) is 9.04. The van der Waals surface area contributed by atoms with Gasteiger partial charge in [0.25, 0.3) is 0 Å². The SMILES string of the molecule is CC1CC(=O)NN=C1c1cc2ccc(OCCN3CCCCC3)cc2s1.Cl. The molecular weight excluding hydrogens is 382 g/mol. The Kier molecular flexibility index (Phi) is 6.73. The average Bonchev–Trinajstić information content (AvgIpc) is 3.05. The number of halogens is 1. The molecule has 1 atom stereocenters. The zero-order valence-corrected chi connectivity index (χ0v) is 17.2. The van der Waals surface area contributed by atoms with Crippen molar-refractivity contribution in [2.75, 3.05) is 26.2 Å². The topological polar surface area (TPSA) is 53.9 Å². The molecule has 0 bridgehead atoms. The van der Waals surface area contributed by atoms with Gasteiger partial charge in [0, 0.05) is 23.6 Å². The third kappa shape index (κ3) is 4.81. The monoisotopic (exact) mass is 407 g/mol. The van der Waals surface area contributed by atoms with E-state index in [0.29, 0.717) is 6.42 Å². The number of ether oxygens (including phenoxy) is 1. The summed E-state index contributed by atoms with van der Waals surface area (Å²) in [5.74, 6) is 1.07. The van der Waals surface area contributed by atoms with Crippen LogP contribution in [0.3, 0.4) is 0 Å². The van der Waals surface area contributed by atoms with Crippen LogP contribution >= 0.6 is 23.7 Å². The molecule has 0 aliphatic carbocycles. The highest BCUT2D eigenvalue weighted by Gasteiger charge is 2.23. The van der Waals surface area contributed by atoms with E-state index < -0.39 is 0 Å². The molecule has 1 amide bonds. The second-order valence-corrected chi connectivity index (χ2v) is 8.28. The Bertz CT molecular complexity index is 830. The number of carbonyl (C=O) groups is 1. The van der Waals surface area contributed by atoms with E-state index in [1.807, 2.05) is 6.07 Å². The number of hydrazone groups is 1. The quantitative estimate of drug-likeness (QED) is 0.813. The number of hydrogen-bond donors (Lipinski definition) is 1. The van der Waals surface area contributed by atoms with Crippen molar-refractivity contribution in [2.45, 2.75) is 32.6 Å². The van der Waals surface area contributed by atoms with Gasteiger partial charge in [-0.2, -0.15) is 5.10 Å². The molecule has 2 aliphatic rings. The number of fused-ring (bicyclic) bond motifs is 1. The predicted molar refractivity (Wildman–Crippen MR) is 113 cm³/mol. The molecule has 27 heavy (non-hydrogen) atoms. The molecule has 3 heterocycles. The Balaban J connectivity index is 0.00000210. The van der Waals surface area contributed by atoms with Crippen LogP contribution in [0.2, 0.25) is 0 Å². The van der Waals surface area contributed by atoms with Gasteiger partial charge in [0.05, 0.1) is 10.6 Å². The molecule has 4 rings (SSSR count). The van der Waals surface area contributed by atoms with E-state index in [2.05, 4.69) is 40.5 Å². The summed E-state index contributed by atoms with van der Waals surface area (Å²) in [6.45, 7) is 6.19. The molecule has 1 aromatic carbocycles. The summed E-state index contributed by atoms with van der Waals surface area (Å²) in [6, 6.07) is 8.43. The molecule has 1 aromatic heterocycles. The summed E-state index contributed by atoms with van der Waals surface area (Å²) < 4.78 is 7.18. The smallest absolute Gasteiger partial charge is 0.240 e. The van der Waals surface area contributed by atoms with Crippen molar-refractivity contribution >= 4 is 45.4 Å². The third-order valence-electron chi connectivity index (χ3n) is 5.13. The summed E-state index contributed by atoms with van der Waals surface area (Å²) in [5.41, 5.74) is 3.57. The fraction of sp³-hybridized carbons (Fsp3) is 0.500. The molecule has 0 spiro atoms. The Morgan fingerprint density at radius 2 is 2.07 bits per heavy atom. The van der Waals surface area contributed by atoms with Gasteiger partial charge in [-0.3, -0.25) is 9.69 Å². The number of benzene rings is 1. The zero-order chi connectivity index (χ0) is 17.9. The highest BCUT2D eigenvalue weighted by molar-refractivity contribution is 7.21. The van der Waals surface area contributed by atoms with Gasteiger partial charge in [-0.25, -0.2) is 5.43 Å². The Labute approximate surface area is 170 Å². The van der Waals surface area contributed by atoms with Crippen LogP contribution in [0.1, 0.15) is 37.5 Å². The molecule has 1 saturated heterocycles. The van der Waals surface area contributed by atoms with Crippen molar-refractivity contribution in [1.82, 2.24) is 10.3 Å². The van der Waals surface area contributed by atoms with Crippen LogP contribution in [0.4, 0.5) is 0 Å². The number of rotatable bonds is 5. The van der Waals surface area contributed by atoms with Crippen LogP contribution in [0.5, 0.6) is 5.75 Å². The molecular formula is C20H26ClN3O2S. The van der Waals surface area contributed by atoms with Gasteiger partial charge < -0.3 is 4.74 Å². The minimum atomic E-state index is -0.00764. The maximum atomic E-state index is 11.4. The van der Waals surface area contributed by atoms with E-state index in [9.17, 15) is 4.79 Å². The average molecular weight is 408 g/mol. The van der Waals surface area contributed by atoms with Crippen LogP contribution < -0.4 is 10.2 Å². The van der Waals surface area contributed by atoms with Crippen LogP contribution in [-0.2, 0) is 4.79 Å². The standard InChI is InChI=1S/C20H25N3O2S.ClH/c1-14-11-19(24)21-22-20(14)18-12-15-5-6-16(13-17(15)26-18)25-10-9-23-7-3-2-4-8-23;/h5-6,12-14H,2-4,7-11H2,1H3,(H,21,24);1H. The molecule has 146 valence electrons. The van der Waals surface area contributed by atoms with Crippen molar-refractivity contribution in [1.29, 1.82) is 0 Å². The first kappa shape index (κ1) is 20.1. The van der Waals surface area contributed by atoms with Crippen molar-refractivity contribution in [2.24, 2.45) is 11.0 Å². The molecule has 2 aliphatic heterocycles. The number of nitrogens with one attached hydrogen (secondary N) is 1. The van der Waals surface area contributed by atoms with Gasteiger partial charge in [0.15, 0.2) is 0 Å². The predicted octanol–water partition coefficient (Wildman–Crippen LogP) is 4.05. The molecule has 1 fully saturated rings.